The zero-order chi connectivity index (χ0) is 20.9. The van der Waals surface area contributed by atoms with E-state index in [0.29, 0.717) is 13.1 Å². The lowest BCUT2D eigenvalue weighted by atomic mass is 10.00. The number of pyridine rings is 1. The summed E-state index contributed by atoms with van der Waals surface area (Å²) in [5.74, 6) is 0.0400. The topological polar surface area (TPSA) is 63.1 Å². The molecular formula is C24H29N5O. The standard InChI is InChI=1S/C24H29N5O/c1-18(2)29-17-27-21-11-14-28(16-20-9-6-12-25-15-20)23(22(21)29)24(30)26-13-10-19-7-4-3-5-8-19/h3-9,12,15,17-18,23H,10-11,13-14,16H2,1-2H3,(H,26,30). The van der Waals surface area contributed by atoms with Crippen molar-refractivity contribution in [3.63, 3.8) is 0 Å². The van der Waals surface area contributed by atoms with Gasteiger partial charge in [0.25, 0.3) is 0 Å². The summed E-state index contributed by atoms with van der Waals surface area (Å²) < 4.78 is 2.15. The van der Waals surface area contributed by atoms with Gasteiger partial charge in [0.1, 0.15) is 6.04 Å². The van der Waals surface area contributed by atoms with E-state index in [1.807, 2.05) is 36.8 Å². The molecule has 1 amide bonds. The third kappa shape index (κ3) is 4.44. The van der Waals surface area contributed by atoms with Crippen molar-refractivity contribution in [2.45, 2.75) is 45.3 Å². The van der Waals surface area contributed by atoms with Crippen LogP contribution in [-0.2, 0) is 24.2 Å². The number of nitrogens with one attached hydrogen (secondary N) is 1. The minimum Gasteiger partial charge on any atom is -0.354 e. The minimum absolute atomic E-state index is 0.0400. The molecule has 1 aliphatic rings. The van der Waals surface area contributed by atoms with Crippen molar-refractivity contribution in [1.29, 1.82) is 0 Å². The van der Waals surface area contributed by atoms with Gasteiger partial charge in [-0.05, 0) is 37.5 Å². The maximum atomic E-state index is 13.4. The van der Waals surface area contributed by atoms with Gasteiger partial charge in [0, 0.05) is 44.5 Å². The molecule has 6 nitrogen and oxygen atoms in total. The number of carbonyl (C=O) groups is 1. The molecule has 6 heteroatoms. The average Bonchev–Trinajstić information content (AvgIpc) is 3.19. The van der Waals surface area contributed by atoms with E-state index in [0.717, 1.165) is 36.3 Å². The third-order valence-corrected chi connectivity index (χ3v) is 5.64. The summed E-state index contributed by atoms with van der Waals surface area (Å²) in [6.07, 6.45) is 7.20. The van der Waals surface area contributed by atoms with E-state index >= 15 is 0 Å². The molecule has 1 N–H and O–H groups in total. The molecule has 3 heterocycles. The van der Waals surface area contributed by atoms with Crippen molar-refractivity contribution in [3.8, 4) is 0 Å². The van der Waals surface area contributed by atoms with Crippen LogP contribution in [0, 0.1) is 0 Å². The molecule has 0 bridgehead atoms. The summed E-state index contributed by atoms with van der Waals surface area (Å²) in [5.41, 5.74) is 4.40. The van der Waals surface area contributed by atoms with Gasteiger partial charge in [-0.2, -0.15) is 0 Å². The number of hydrogen-bond acceptors (Lipinski definition) is 4. The van der Waals surface area contributed by atoms with Crippen LogP contribution in [0.5, 0.6) is 0 Å². The van der Waals surface area contributed by atoms with E-state index in [1.54, 1.807) is 6.20 Å². The molecule has 0 saturated carbocycles. The molecule has 0 aliphatic carbocycles. The van der Waals surface area contributed by atoms with Crippen molar-refractivity contribution >= 4 is 5.91 Å². The quantitative estimate of drug-likeness (QED) is 0.657. The lowest BCUT2D eigenvalue weighted by molar-refractivity contribution is -0.127. The van der Waals surface area contributed by atoms with Gasteiger partial charge in [0.2, 0.25) is 5.91 Å². The SMILES string of the molecule is CC(C)n1cnc2c1C(C(=O)NCCc1ccccc1)N(Cc1cccnc1)CC2. The maximum Gasteiger partial charge on any atom is 0.243 e. The van der Waals surface area contributed by atoms with Crippen LogP contribution in [-0.4, -0.2) is 38.4 Å². The Labute approximate surface area is 178 Å². The Morgan fingerprint density at radius 1 is 1.17 bits per heavy atom. The minimum atomic E-state index is -0.352. The first-order chi connectivity index (χ1) is 14.6. The Morgan fingerprint density at radius 2 is 1.97 bits per heavy atom. The molecular weight excluding hydrogens is 374 g/mol. The van der Waals surface area contributed by atoms with Gasteiger partial charge in [0.05, 0.1) is 17.7 Å². The first-order valence-corrected chi connectivity index (χ1v) is 10.6. The van der Waals surface area contributed by atoms with Crippen LogP contribution in [0.3, 0.4) is 0 Å². The summed E-state index contributed by atoms with van der Waals surface area (Å²) in [7, 11) is 0. The summed E-state index contributed by atoms with van der Waals surface area (Å²) >= 11 is 0. The normalized spacial score (nSPS) is 16.4. The van der Waals surface area contributed by atoms with E-state index in [4.69, 9.17) is 0 Å². The maximum absolute atomic E-state index is 13.4. The molecule has 1 aliphatic heterocycles. The zero-order valence-electron chi connectivity index (χ0n) is 17.7. The fourth-order valence-electron chi connectivity index (χ4n) is 4.12. The van der Waals surface area contributed by atoms with Gasteiger partial charge in [-0.15, -0.1) is 0 Å². The van der Waals surface area contributed by atoms with Crippen molar-refractivity contribution in [1.82, 2.24) is 24.8 Å². The van der Waals surface area contributed by atoms with Gasteiger partial charge in [-0.25, -0.2) is 4.98 Å². The van der Waals surface area contributed by atoms with E-state index in [9.17, 15) is 4.79 Å². The Bertz CT molecular complexity index is 968. The monoisotopic (exact) mass is 403 g/mol. The Morgan fingerprint density at radius 3 is 2.70 bits per heavy atom. The number of aromatic nitrogens is 3. The van der Waals surface area contributed by atoms with E-state index in [2.05, 4.69) is 56.8 Å². The lowest BCUT2D eigenvalue weighted by Crippen LogP contribution is -2.45. The highest BCUT2D eigenvalue weighted by Gasteiger charge is 2.36. The molecule has 4 rings (SSSR count). The van der Waals surface area contributed by atoms with Gasteiger partial charge in [-0.1, -0.05) is 36.4 Å². The smallest absolute Gasteiger partial charge is 0.243 e. The second-order valence-corrected chi connectivity index (χ2v) is 8.09. The number of fused-ring (bicyclic) bond motifs is 1. The number of carbonyl (C=O) groups excluding carboxylic acids is 1. The number of imidazole rings is 1. The summed E-state index contributed by atoms with van der Waals surface area (Å²) in [4.78, 5) is 24.5. The van der Waals surface area contributed by atoms with Crippen LogP contribution in [0.25, 0.3) is 0 Å². The Balaban J connectivity index is 1.56. The second-order valence-electron chi connectivity index (χ2n) is 8.09. The van der Waals surface area contributed by atoms with Crippen LogP contribution in [0.2, 0.25) is 0 Å². The predicted molar refractivity (Wildman–Crippen MR) is 117 cm³/mol. The zero-order valence-corrected chi connectivity index (χ0v) is 17.7. The molecule has 3 aromatic rings. The first-order valence-electron chi connectivity index (χ1n) is 10.6. The highest BCUT2D eigenvalue weighted by atomic mass is 16.2. The highest BCUT2D eigenvalue weighted by molar-refractivity contribution is 5.83. The molecule has 0 fully saturated rings. The van der Waals surface area contributed by atoms with Gasteiger partial charge in [0.15, 0.2) is 0 Å². The molecule has 1 aromatic carbocycles. The summed E-state index contributed by atoms with van der Waals surface area (Å²) in [6.45, 7) is 6.37. The Kier molecular flexibility index (Phi) is 6.23. The van der Waals surface area contributed by atoms with Gasteiger partial charge < -0.3 is 9.88 Å². The molecule has 156 valence electrons. The largest absolute Gasteiger partial charge is 0.354 e. The average molecular weight is 404 g/mol. The molecule has 0 saturated heterocycles. The van der Waals surface area contributed by atoms with Crippen molar-refractivity contribution in [2.24, 2.45) is 0 Å². The fraction of sp³-hybridized carbons (Fsp3) is 0.375. The van der Waals surface area contributed by atoms with E-state index < -0.39 is 0 Å². The first kappa shape index (κ1) is 20.3. The predicted octanol–water partition coefficient (Wildman–Crippen LogP) is 3.32. The number of benzene rings is 1. The Hall–Kier alpha value is -2.99. The summed E-state index contributed by atoms with van der Waals surface area (Å²) in [5, 5.41) is 3.18. The van der Waals surface area contributed by atoms with Crippen molar-refractivity contribution in [3.05, 3.63) is 83.7 Å². The molecule has 30 heavy (non-hydrogen) atoms. The molecule has 2 aromatic heterocycles. The highest BCUT2D eigenvalue weighted by Crippen LogP contribution is 2.32. The van der Waals surface area contributed by atoms with Crippen LogP contribution in [0.15, 0.2) is 61.2 Å². The molecule has 0 radical (unpaired) electrons. The van der Waals surface area contributed by atoms with Gasteiger partial charge in [-0.3, -0.25) is 14.7 Å². The second kappa shape index (κ2) is 9.22. The van der Waals surface area contributed by atoms with Crippen LogP contribution < -0.4 is 5.32 Å². The summed E-state index contributed by atoms with van der Waals surface area (Å²) in [6, 6.07) is 14.2. The molecule has 1 unspecified atom stereocenters. The lowest BCUT2D eigenvalue weighted by Gasteiger charge is -2.35. The van der Waals surface area contributed by atoms with E-state index in [-0.39, 0.29) is 18.0 Å². The van der Waals surface area contributed by atoms with Gasteiger partial charge >= 0.3 is 0 Å². The fourth-order valence-corrected chi connectivity index (χ4v) is 4.12. The number of nitrogens with zero attached hydrogens (tertiary/aromatic N) is 4. The number of hydrogen-bond donors (Lipinski definition) is 1. The number of amides is 1. The molecule has 0 spiro atoms. The number of rotatable bonds is 7. The third-order valence-electron chi connectivity index (χ3n) is 5.64. The van der Waals surface area contributed by atoms with E-state index in [1.165, 1.54) is 5.56 Å². The van der Waals surface area contributed by atoms with Crippen molar-refractivity contribution < 1.29 is 4.79 Å². The van der Waals surface area contributed by atoms with Crippen molar-refractivity contribution in [2.75, 3.05) is 13.1 Å². The van der Waals surface area contributed by atoms with Crippen LogP contribution in [0.1, 0.15) is 48.4 Å². The van der Waals surface area contributed by atoms with Crippen LogP contribution in [0.4, 0.5) is 0 Å². The molecule has 1 atom stereocenters. The van der Waals surface area contributed by atoms with Crippen LogP contribution >= 0.6 is 0 Å².